The first-order valence-electron chi connectivity index (χ1n) is 8.44. The van der Waals surface area contributed by atoms with Gasteiger partial charge >= 0.3 is 6.03 Å². The van der Waals surface area contributed by atoms with Crippen LogP contribution in [0.25, 0.3) is 0 Å². The molecule has 1 aromatic rings. The number of nitrogens with one attached hydrogen (secondary N) is 1. The van der Waals surface area contributed by atoms with Gasteiger partial charge in [0.15, 0.2) is 0 Å². The van der Waals surface area contributed by atoms with Crippen molar-refractivity contribution < 1.29 is 14.3 Å². The zero-order valence-electron chi connectivity index (χ0n) is 14.0. The molecule has 1 aromatic carbocycles. The summed E-state index contributed by atoms with van der Waals surface area (Å²) in [5.41, 5.74) is 2.18. The average molecular weight is 318 g/mol. The van der Waals surface area contributed by atoms with E-state index in [0.29, 0.717) is 25.1 Å². The fourth-order valence-electron chi connectivity index (χ4n) is 2.79. The van der Waals surface area contributed by atoms with E-state index in [0.717, 1.165) is 49.4 Å². The number of rotatable bonds is 6. The van der Waals surface area contributed by atoms with Crippen molar-refractivity contribution >= 4 is 6.03 Å². The zero-order valence-corrected chi connectivity index (χ0v) is 14.0. The van der Waals surface area contributed by atoms with Gasteiger partial charge in [0.25, 0.3) is 0 Å². The maximum Gasteiger partial charge on any atom is 0.317 e. The molecule has 1 aliphatic carbocycles. The van der Waals surface area contributed by atoms with Crippen LogP contribution in [-0.2, 0) is 11.3 Å². The first-order chi connectivity index (χ1) is 11.1. The minimum absolute atomic E-state index is 0.0109. The Morgan fingerprint density at radius 3 is 2.91 bits per heavy atom. The van der Waals surface area contributed by atoms with E-state index >= 15 is 0 Å². The minimum atomic E-state index is -0.0109. The van der Waals surface area contributed by atoms with Crippen LogP contribution >= 0.6 is 0 Å². The Balaban J connectivity index is 1.57. The van der Waals surface area contributed by atoms with Gasteiger partial charge < -0.3 is 19.7 Å². The van der Waals surface area contributed by atoms with E-state index in [1.165, 1.54) is 0 Å². The third-order valence-corrected chi connectivity index (χ3v) is 4.57. The number of ether oxygens (including phenoxy) is 2. The van der Waals surface area contributed by atoms with Crippen LogP contribution in [-0.4, -0.2) is 43.8 Å². The van der Waals surface area contributed by atoms with Gasteiger partial charge in [0, 0.05) is 37.7 Å². The molecule has 0 aromatic heterocycles. The summed E-state index contributed by atoms with van der Waals surface area (Å²) in [5.74, 6) is 1.34. The van der Waals surface area contributed by atoms with Crippen LogP contribution in [0, 0.1) is 12.8 Å². The fourth-order valence-corrected chi connectivity index (χ4v) is 2.79. The highest BCUT2D eigenvalue weighted by Gasteiger charge is 2.29. The van der Waals surface area contributed by atoms with Crippen molar-refractivity contribution in [2.24, 2.45) is 5.92 Å². The molecule has 1 saturated heterocycles. The van der Waals surface area contributed by atoms with E-state index in [1.807, 2.05) is 19.2 Å². The van der Waals surface area contributed by atoms with Crippen LogP contribution in [0.3, 0.4) is 0 Å². The van der Waals surface area contributed by atoms with Gasteiger partial charge in [-0.1, -0.05) is 12.1 Å². The Hall–Kier alpha value is -1.75. The second kappa shape index (κ2) is 7.21. The Morgan fingerprint density at radius 2 is 2.22 bits per heavy atom. The van der Waals surface area contributed by atoms with Crippen molar-refractivity contribution in [1.29, 1.82) is 0 Å². The van der Waals surface area contributed by atoms with Gasteiger partial charge in [-0.3, -0.25) is 0 Å². The molecule has 0 unspecified atom stereocenters. The fraction of sp³-hybridized carbons (Fsp3) is 0.611. The largest absolute Gasteiger partial charge is 0.493 e. The molecule has 1 atom stereocenters. The monoisotopic (exact) mass is 318 g/mol. The van der Waals surface area contributed by atoms with E-state index in [2.05, 4.69) is 18.3 Å². The van der Waals surface area contributed by atoms with E-state index in [9.17, 15) is 4.79 Å². The van der Waals surface area contributed by atoms with Crippen LogP contribution < -0.4 is 10.1 Å². The summed E-state index contributed by atoms with van der Waals surface area (Å²) in [6.45, 7) is 4.83. The van der Waals surface area contributed by atoms with Crippen molar-refractivity contribution in [3.8, 4) is 5.75 Å². The summed E-state index contributed by atoms with van der Waals surface area (Å²) in [6.07, 6.45) is 3.29. The first kappa shape index (κ1) is 16.1. The second-order valence-corrected chi connectivity index (χ2v) is 6.65. The van der Waals surface area contributed by atoms with Crippen LogP contribution in [0.2, 0.25) is 0 Å². The highest BCUT2D eigenvalue weighted by atomic mass is 16.5. The van der Waals surface area contributed by atoms with Gasteiger partial charge in [0.05, 0.1) is 13.2 Å². The Kier molecular flexibility index (Phi) is 5.06. The molecule has 1 aliphatic heterocycles. The lowest BCUT2D eigenvalue weighted by atomic mass is 10.1. The normalized spacial score (nSPS) is 20.3. The number of nitrogens with zero attached hydrogens (tertiary/aromatic N) is 1. The molecule has 126 valence electrons. The van der Waals surface area contributed by atoms with E-state index in [4.69, 9.17) is 9.47 Å². The van der Waals surface area contributed by atoms with Crippen molar-refractivity contribution in [1.82, 2.24) is 10.2 Å². The van der Waals surface area contributed by atoms with E-state index in [-0.39, 0.29) is 6.03 Å². The van der Waals surface area contributed by atoms with Gasteiger partial charge in [-0.15, -0.1) is 0 Å². The molecule has 0 spiro atoms. The number of aryl methyl sites for hydroxylation is 1. The van der Waals surface area contributed by atoms with Gasteiger partial charge in [0.2, 0.25) is 0 Å². The molecule has 1 N–H and O–H groups in total. The standard InChI is InChI=1S/C18H26N2O3/c1-13-3-4-15(10-19-18(21)20(2)16-5-6-16)17(9-13)23-12-14-7-8-22-11-14/h3-4,9,14,16H,5-8,10-12H2,1-2H3,(H,19,21)/t14-/m0/s1. The lowest BCUT2D eigenvalue weighted by Crippen LogP contribution is -2.38. The van der Waals surface area contributed by atoms with E-state index in [1.54, 1.807) is 4.90 Å². The molecule has 0 bridgehead atoms. The Bertz CT molecular complexity index is 551. The van der Waals surface area contributed by atoms with E-state index < -0.39 is 0 Å². The molecule has 2 amide bonds. The molecule has 1 saturated carbocycles. The van der Waals surface area contributed by atoms with Crippen LogP contribution in [0.4, 0.5) is 4.79 Å². The Morgan fingerprint density at radius 1 is 1.39 bits per heavy atom. The molecule has 3 rings (SSSR count). The zero-order chi connectivity index (χ0) is 16.2. The van der Waals surface area contributed by atoms with Crippen molar-refractivity contribution in [2.75, 3.05) is 26.9 Å². The molecule has 2 fully saturated rings. The summed E-state index contributed by atoms with van der Waals surface area (Å²) in [5, 5.41) is 2.99. The molecule has 5 nitrogen and oxygen atoms in total. The number of hydrogen-bond donors (Lipinski definition) is 1. The predicted molar refractivity (Wildman–Crippen MR) is 88.6 cm³/mol. The number of hydrogen-bond acceptors (Lipinski definition) is 3. The quantitative estimate of drug-likeness (QED) is 0.877. The van der Waals surface area contributed by atoms with Crippen molar-refractivity contribution in [3.05, 3.63) is 29.3 Å². The highest BCUT2D eigenvalue weighted by molar-refractivity contribution is 5.74. The topological polar surface area (TPSA) is 50.8 Å². The maximum absolute atomic E-state index is 12.1. The summed E-state index contributed by atoms with van der Waals surface area (Å²) in [6, 6.07) is 6.54. The maximum atomic E-state index is 12.1. The second-order valence-electron chi connectivity index (χ2n) is 6.65. The predicted octanol–water partition coefficient (Wildman–Crippen LogP) is 2.71. The molecule has 5 heteroatoms. The lowest BCUT2D eigenvalue weighted by Gasteiger charge is -2.19. The molecule has 2 aliphatic rings. The number of carbonyl (C=O) groups is 1. The van der Waals surface area contributed by atoms with Crippen LogP contribution in [0.15, 0.2) is 18.2 Å². The first-order valence-corrected chi connectivity index (χ1v) is 8.44. The van der Waals surface area contributed by atoms with Crippen molar-refractivity contribution in [3.63, 3.8) is 0 Å². The molecule has 23 heavy (non-hydrogen) atoms. The molecule has 1 heterocycles. The number of carbonyl (C=O) groups excluding carboxylic acids is 1. The number of urea groups is 1. The summed E-state index contributed by atoms with van der Waals surface area (Å²) in [4.78, 5) is 13.9. The van der Waals surface area contributed by atoms with Gasteiger partial charge in [0.1, 0.15) is 5.75 Å². The molecular weight excluding hydrogens is 292 g/mol. The number of benzene rings is 1. The SMILES string of the molecule is Cc1ccc(CNC(=O)N(C)C2CC2)c(OC[C@H]2CCOC2)c1. The summed E-state index contributed by atoms with van der Waals surface area (Å²) < 4.78 is 11.4. The van der Waals surface area contributed by atoms with Crippen LogP contribution in [0.1, 0.15) is 30.4 Å². The van der Waals surface area contributed by atoms with Gasteiger partial charge in [-0.25, -0.2) is 4.79 Å². The Labute approximate surface area is 137 Å². The van der Waals surface area contributed by atoms with Gasteiger partial charge in [-0.05, 0) is 37.8 Å². The highest BCUT2D eigenvalue weighted by Crippen LogP contribution is 2.26. The van der Waals surface area contributed by atoms with Crippen molar-refractivity contribution in [2.45, 2.75) is 38.8 Å². The molecular formula is C18H26N2O3. The van der Waals surface area contributed by atoms with Crippen LogP contribution in [0.5, 0.6) is 5.75 Å². The lowest BCUT2D eigenvalue weighted by molar-refractivity contribution is 0.166. The minimum Gasteiger partial charge on any atom is -0.493 e. The summed E-state index contributed by atoms with van der Waals surface area (Å²) in [7, 11) is 1.86. The summed E-state index contributed by atoms with van der Waals surface area (Å²) >= 11 is 0. The average Bonchev–Trinajstić information content (AvgIpc) is 3.27. The third kappa shape index (κ3) is 4.38. The molecule has 0 radical (unpaired) electrons. The smallest absolute Gasteiger partial charge is 0.317 e. The number of amides is 2. The van der Waals surface area contributed by atoms with Gasteiger partial charge in [-0.2, -0.15) is 0 Å². The third-order valence-electron chi connectivity index (χ3n) is 4.57.